The third-order valence-electron chi connectivity index (χ3n) is 3.86. The summed E-state index contributed by atoms with van der Waals surface area (Å²) in [5.74, 6) is 0.190. The fourth-order valence-corrected chi connectivity index (χ4v) is 2.34. The predicted octanol–water partition coefficient (Wildman–Crippen LogP) is 3.95. The molecule has 3 rings (SSSR count). The van der Waals surface area contributed by atoms with Crippen molar-refractivity contribution >= 4 is 11.6 Å². The van der Waals surface area contributed by atoms with Crippen LogP contribution in [0.5, 0.6) is 0 Å². The number of hydrogen-bond donors (Lipinski definition) is 1. The number of hydrogen-bond acceptors (Lipinski definition) is 3. The van der Waals surface area contributed by atoms with Gasteiger partial charge < -0.3 is 5.32 Å². The molecule has 1 amide bonds. The number of nitrogens with zero attached hydrogens (tertiary/aromatic N) is 3. The first-order valence-electron chi connectivity index (χ1n) is 7.93. The molecule has 0 fully saturated rings. The van der Waals surface area contributed by atoms with E-state index in [-0.39, 0.29) is 11.6 Å². The van der Waals surface area contributed by atoms with Gasteiger partial charge in [0, 0.05) is 5.69 Å². The molecule has 0 unspecified atom stereocenters. The van der Waals surface area contributed by atoms with E-state index in [2.05, 4.69) is 29.5 Å². The Morgan fingerprint density at radius 1 is 1.04 bits per heavy atom. The predicted molar refractivity (Wildman–Crippen MR) is 94.6 cm³/mol. The fourth-order valence-electron chi connectivity index (χ4n) is 2.34. The maximum Gasteiger partial charge on any atom is 0.277 e. The molecule has 5 heteroatoms. The smallest absolute Gasteiger partial charge is 0.277 e. The first-order valence-corrected chi connectivity index (χ1v) is 7.93. The van der Waals surface area contributed by atoms with Crippen molar-refractivity contribution in [1.82, 2.24) is 15.0 Å². The number of carbonyl (C=O) groups excluding carboxylic acids is 1. The lowest BCUT2D eigenvalue weighted by Crippen LogP contribution is -2.12. The average Bonchev–Trinajstić information content (AvgIpc) is 3.06. The van der Waals surface area contributed by atoms with Gasteiger partial charge in [-0.15, -0.1) is 5.10 Å². The van der Waals surface area contributed by atoms with Crippen LogP contribution in [-0.4, -0.2) is 20.9 Å². The summed E-state index contributed by atoms with van der Waals surface area (Å²) in [7, 11) is 0. The van der Waals surface area contributed by atoms with Crippen molar-refractivity contribution < 1.29 is 4.79 Å². The van der Waals surface area contributed by atoms with Crippen LogP contribution in [0.25, 0.3) is 5.69 Å². The van der Waals surface area contributed by atoms with Gasteiger partial charge in [0.1, 0.15) is 0 Å². The van der Waals surface area contributed by atoms with E-state index in [0.717, 1.165) is 11.4 Å². The monoisotopic (exact) mass is 320 g/mol. The molecule has 0 bridgehead atoms. The molecule has 0 atom stereocenters. The first kappa shape index (κ1) is 15.9. The molecule has 1 heterocycles. The maximum atomic E-state index is 12.3. The van der Waals surface area contributed by atoms with E-state index < -0.39 is 0 Å². The summed E-state index contributed by atoms with van der Waals surface area (Å²) < 4.78 is 1.59. The minimum Gasteiger partial charge on any atom is -0.321 e. The number of amides is 1. The fraction of sp³-hybridized carbons (Fsp3) is 0.211. The van der Waals surface area contributed by atoms with Crippen LogP contribution < -0.4 is 5.32 Å². The lowest BCUT2D eigenvalue weighted by molar-refractivity contribution is 0.102. The van der Waals surface area contributed by atoms with Crippen LogP contribution in [0.15, 0.2) is 54.7 Å². The van der Waals surface area contributed by atoms with E-state index in [4.69, 9.17) is 0 Å². The highest BCUT2D eigenvalue weighted by atomic mass is 16.2. The third kappa shape index (κ3) is 3.51. The zero-order valence-electron chi connectivity index (χ0n) is 14.0. The number of aromatic nitrogens is 3. The summed E-state index contributed by atoms with van der Waals surface area (Å²) in [5, 5.41) is 10.8. The molecule has 0 spiro atoms. The zero-order chi connectivity index (χ0) is 17.1. The Morgan fingerprint density at radius 2 is 1.71 bits per heavy atom. The average molecular weight is 320 g/mol. The molecule has 1 aromatic heterocycles. The van der Waals surface area contributed by atoms with Gasteiger partial charge in [0.05, 0.1) is 11.9 Å². The van der Waals surface area contributed by atoms with E-state index in [1.165, 1.54) is 11.1 Å². The van der Waals surface area contributed by atoms with Crippen molar-refractivity contribution in [3.63, 3.8) is 0 Å². The maximum absolute atomic E-state index is 12.3. The van der Waals surface area contributed by atoms with Crippen molar-refractivity contribution in [2.45, 2.75) is 26.7 Å². The Morgan fingerprint density at radius 3 is 2.33 bits per heavy atom. The molecule has 24 heavy (non-hydrogen) atoms. The van der Waals surface area contributed by atoms with E-state index in [1.54, 1.807) is 10.9 Å². The lowest BCUT2D eigenvalue weighted by Gasteiger charge is -2.07. The van der Waals surface area contributed by atoms with E-state index >= 15 is 0 Å². The first-order chi connectivity index (χ1) is 11.5. The van der Waals surface area contributed by atoms with Gasteiger partial charge in [-0.05, 0) is 42.7 Å². The van der Waals surface area contributed by atoms with Gasteiger partial charge in [-0.2, -0.15) is 0 Å². The topological polar surface area (TPSA) is 59.8 Å². The Bertz CT molecular complexity index is 833. The molecular weight excluding hydrogens is 300 g/mol. The number of nitrogens with one attached hydrogen (secondary N) is 1. The van der Waals surface area contributed by atoms with Gasteiger partial charge in [-0.1, -0.05) is 48.9 Å². The summed E-state index contributed by atoms with van der Waals surface area (Å²) in [6, 6.07) is 15.7. The number of anilines is 1. The lowest BCUT2D eigenvalue weighted by atomic mass is 10.0. The van der Waals surface area contributed by atoms with Crippen LogP contribution in [-0.2, 0) is 0 Å². The molecule has 5 nitrogen and oxygen atoms in total. The number of benzene rings is 2. The normalized spacial score (nSPS) is 10.8. The highest BCUT2D eigenvalue weighted by Gasteiger charge is 2.12. The van der Waals surface area contributed by atoms with Crippen LogP contribution >= 0.6 is 0 Å². The molecule has 0 aliphatic heterocycles. The van der Waals surface area contributed by atoms with Crippen LogP contribution in [0.4, 0.5) is 5.69 Å². The number of carbonyl (C=O) groups is 1. The summed E-state index contributed by atoms with van der Waals surface area (Å²) in [6.45, 7) is 6.29. The highest BCUT2D eigenvalue weighted by Crippen LogP contribution is 2.17. The van der Waals surface area contributed by atoms with Crippen molar-refractivity contribution in [1.29, 1.82) is 0 Å². The van der Waals surface area contributed by atoms with Gasteiger partial charge in [-0.3, -0.25) is 4.79 Å². The van der Waals surface area contributed by atoms with Crippen LogP contribution in [0.2, 0.25) is 0 Å². The molecule has 1 N–H and O–H groups in total. The zero-order valence-corrected chi connectivity index (χ0v) is 14.0. The van der Waals surface area contributed by atoms with Crippen molar-refractivity contribution in [3.8, 4) is 5.69 Å². The second kappa shape index (κ2) is 6.66. The summed E-state index contributed by atoms with van der Waals surface area (Å²) in [4.78, 5) is 12.3. The molecule has 122 valence electrons. The van der Waals surface area contributed by atoms with Gasteiger partial charge in [-0.25, -0.2) is 4.68 Å². The molecule has 0 saturated carbocycles. The van der Waals surface area contributed by atoms with Crippen molar-refractivity contribution in [2.75, 3.05) is 5.32 Å². The quantitative estimate of drug-likeness (QED) is 0.792. The largest absolute Gasteiger partial charge is 0.321 e. The van der Waals surface area contributed by atoms with Crippen LogP contribution in [0, 0.1) is 6.92 Å². The molecule has 0 aliphatic rings. The Hall–Kier alpha value is -2.95. The SMILES string of the molecule is Cc1ccc(-n2cc(C(=O)Nc3ccc(C(C)C)cc3)nn2)cc1. The summed E-state index contributed by atoms with van der Waals surface area (Å²) in [5.41, 5.74) is 4.30. The molecule has 0 saturated heterocycles. The Labute approximate surface area is 141 Å². The van der Waals surface area contributed by atoms with E-state index in [0.29, 0.717) is 5.92 Å². The van der Waals surface area contributed by atoms with E-state index in [9.17, 15) is 4.79 Å². The molecule has 3 aromatic rings. The minimum absolute atomic E-state index is 0.273. The molecule has 0 aliphatic carbocycles. The van der Waals surface area contributed by atoms with Crippen LogP contribution in [0.3, 0.4) is 0 Å². The van der Waals surface area contributed by atoms with Gasteiger partial charge in [0.15, 0.2) is 5.69 Å². The third-order valence-corrected chi connectivity index (χ3v) is 3.86. The summed E-state index contributed by atoms with van der Waals surface area (Å²) in [6.07, 6.45) is 1.63. The number of aryl methyl sites for hydroxylation is 1. The summed E-state index contributed by atoms with van der Waals surface area (Å²) >= 11 is 0. The van der Waals surface area contributed by atoms with Crippen molar-refractivity contribution in [2.24, 2.45) is 0 Å². The molecule has 0 radical (unpaired) electrons. The highest BCUT2D eigenvalue weighted by molar-refractivity contribution is 6.02. The molecule has 2 aromatic carbocycles. The molecular formula is C19H20N4O. The van der Waals surface area contributed by atoms with Gasteiger partial charge >= 0.3 is 0 Å². The Balaban J connectivity index is 1.72. The minimum atomic E-state index is -0.273. The Kier molecular flexibility index (Phi) is 4.42. The van der Waals surface area contributed by atoms with Gasteiger partial charge in [0.2, 0.25) is 0 Å². The van der Waals surface area contributed by atoms with E-state index in [1.807, 2.05) is 55.5 Å². The second-order valence-corrected chi connectivity index (χ2v) is 6.11. The standard InChI is InChI=1S/C19H20N4O/c1-13(2)15-6-8-16(9-7-15)20-19(24)18-12-23(22-21-18)17-10-4-14(3)5-11-17/h4-13H,1-3H3,(H,20,24). The van der Waals surface area contributed by atoms with Crippen LogP contribution in [0.1, 0.15) is 41.4 Å². The number of rotatable bonds is 4. The van der Waals surface area contributed by atoms with Crippen molar-refractivity contribution in [3.05, 3.63) is 71.5 Å². The second-order valence-electron chi connectivity index (χ2n) is 6.11. The van der Waals surface area contributed by atoms with Gasteiger partial charge in [0.25, 0.3) is 5.91 Å².